The van der Waals surface area contributed by atoms with Crippen molar-refractivity contribution in [3.05, 3.63) is 29.8 Å². The van der Waals surface area contributed by atoms with E-state index in [-0.39, 0.29) is 18.6 Å². The highest BCUT2D eigenvalue weighted by molar-refractivity contribution is 5.85. The molecule has 0 spiro atoms. The Morgan fingerprint density at radius 3 is 2.81 bits per heavy atom. The Morgan fingerprint density at radius 1 is 1.26 bits per heavy atom. The fourth-order valence-corrected chi connectivity index (χ4v) is 4.62. The molecule has 4 rings (SSSR count). The second-order valence-corrected chi connectivity index (χ2v) is 8.31. The number of fused-ring (bicyclic) bond motifs is 3. The fraction of sp³-hybridized carbons (Fsp3) is 0.619. The van der Waals surface area contributed by atoms with Crippen LogP contribution in [-0.4, -0.2) is 56.1 Å². The number of carbonyl (C=O) groups excluding carboxylic acids is 1. The van der Waals surface area contributed by atoms with Crippen molar-refractivity contribution in [2.45, 2.75) is 44.2 Å². The second-order valence-electron chi connectivity index (χ2n) is 8.31. The van der Waals surface area contributed by atoms with Gasteiger partial charge in [-0.3, -0.25) is 4.79 Å². The van der Waals surface area contributed by atoms with Crippen molar-refractivity contribution in [2.24, 2.45) is 16.8 Å². The lowest BCUT2D eigenvalue weighted by atomic mass is 9.95. The summed E-state index contributed by atoms with van der Waals surface area (Å²) in [7, 11) is 3.52. The third-order valence-electron chi connectivity index (χ3n) is 6.14. The molecule has 0 saturated heterocycles. The van der Waals surface area contributed by atoms with E-state index in [1.807, 2.05) is 12.1 Å². The van der Waals surface area contributed by atoms with Crippen molar-refractivity contribution in [1.29, 1.82) is 0 Å². The molecular weight excluding hydrogens is 340 g/mol. The minimum absolute atomic E-state index is 0.00793. The average molecular weight is 370 g/mol. The first-order chi connectivity index (χ1) is 13.1. The number of carbonyl (C=O) groups is 1. The number of hydrogen-bond donors (Lipinski definition) is 2. The zero-order valence-corrected chi connectivity index (χ0v) is 16.3. The van der Waals surface area contributed by atoms with Gasteiger partial charge in [-0.1, -0.05) is 24.6 Å². The number of ether oxygens (including phenoxy) is 1. The molecule has 4 atom stereocenters. The molecule has 146 valence electrons. The zero-order chi connectivity index (χ0) is 18.8. The highest BCUT2D eigenvalue weighted by Gasteiger charge is 2.39. The van der Waals surface area contributed by atoms with Gasteiger partial charge >= 0.3 is 0 Å². The summed E-state index contributed by atoms with van der Waals surface area (Å²) in [6.45, 7) is 0.840. The normalized spacial score (nSPS) is 28.6. The fourth-order valence-electron chi connectivity index (χ4n) is 4.62. The molecule has 2 bridgehead atoms. The van der Waals surface area contributed by atoms with Crippen molar-refractivity contribution >= 4 is 11.9 Å². The zero-order valence-electron chi connectivity index (χ0n) is 16.3. The molecule has 27 heavy (non-hydrogen) atoms. The lowest BCUT2D eigenvalue weighted by Crippen LogP contribution is -2.48. The lowest BCUT2D eigenvalue weighted by molar-refractivity contribution is -0.127. The summed E-state index contributed by atoms with van der Waals surface area (Å²) in [5, 5.41) is 7.02. The van der Waals surface area contributed by atoms with Crippen LogP contribution in [0.3, 0.4) is 0 Å². The highest BCUT2D eigenvalue weighted by Crippen LogP contribution is 2.44. The number of amides is 1. The highest BCUT2D eigenvalue weighted by atomic mass is 16.5. The summed E-state index contributed by atoms with van der Waals surface area (Å²) >= 11 is 0. The summed E-state index contributed by atoms with van der Waals surface area (Å²) in [5.74, 6) is 3.34. The van der Waals surface area contributed by atoms with Crippen LogP contribution in [0.5, 0.6) is 5.75 Å². The minimum Gasteiger partial charge on any atom is -0.488 e. The smallest absolute Gasteiger partial charge is 0.243 e. The molecule has 1 aromatic rings. The van der Waals surface area contributed by atoms with Crippen LogP contribution in [0.1, 0.15) is 31.2 Å². The topological polar surface area (TPSA) is 66.0 Å². The van der Waals surface area contributed by atoms with Crippen LogP contribution in [0.4, 0.5) is 0 Å². The van der Waals surface area contributed by atoms with Crippen molar-refractivity contribution in [1.82, 2.24) is 15.5 Å². The number of nitrogens with zero attached hydrogens (tertiary/aromatic N) is 2. The lowest BCUT2D eigenvalue weighted by Gasteiger charge is -2.26. The molecule has 6 nitrogen and oxygen atoms in total. The number of nitrogens with one attached hydrogen (secondary N) is 2. The molecule has 1 heterocycles. The third-order valence-corrected chi connectivity index (χ3v) is 6.14. The molecule has 2 N–H and O–H groups in total. The number of rotatable bonds is 5. The number of hydrogen-bond acceptors (Lipinski definition) is 3. The van der Waals surface area contributed by atoms with Gasteiger partial charge in [-0.2, -0.15) is 0 Å². The van der Waals surface area contributed by atoms with E-state index in [1.165, 1.54) is 31.2 Å². The standard InChI is InChI=1S/C21H30N4O2/c1-25(2)20(26)13-23-21(24-18-10-14-7-8-15(18)9-14)22-12-17-11-16-5-3-4-6-19(16)27-17/h3-6,14-15,17-18H,7-13H2,1-2H3,(H2,22,23,24). The monoisotopic (exact) mass is 370 g/mol. The molecule has 1 aliphatic heterocycles. The van der Waals surface area contributed by atoms with Gasteiger partial charge in [0.05, 0.1) is 6.54 Å². The summed E-state index contributed by atoms with van der Waals surface area (Å²) in [6, 6.07) is 8.67. The molecule has 2 aliphatic carbocycles. The van der Waals surface area contributed by atoms with Gasteiger partial charge in [0.2, 0.25) is 5.91 Å². The van der Waals surface area contributed by atoms with Crippen LogP contribution in [0.2, 0.25) is 0 Å². The van der Waals surface area contributed by atoms with Gasteiger partial charge in [0.1, 0.15) is 18.4 Å². The summed E-state index contributed by atoms with van der Waals surface area (Å²) < 4.78 is 6.02. The minimum atomic E-state index is 0.00793. The van der Waals surface area contributed by atoms with Gasteiger partial charge in [0.15, 0.2) is 5.96 Å². The number of likely N-dealkylation sites (N-methyl/N-ethyl adjacent to an activating group) is 1. The Balaban J connectivity index is 1.36. The van der Waals surface area contributed by atoms with Gasteiger partial charge < -0.3 is 20.3 Å². The third kappa shape index (κ3) is 4.20. The number of benzene rings is 1. The van der Waals surface area contributed by atoms with E-state index in [1.54, 1.807) is 19.0 Å². The number of para-hydroxylation sites is 1. The Labute approximate surface area is 161 Å². The quantitative estimate of drug-likeness (QED) is 0.613. The maximum atomic E-state index is 12.0. The molecule has 4 unspecified atom stereocenters. The molecule has 1 aromatic carbocycles. The van der Waals surface area contributed by atoms with E-state index < -0.39 is 0 Å². The van der Waals surface area contributed by atoms with Crippen LogP contribution >= 0.6 is 0 Å². The van der Waals surface area contributed by atoms with E-state index in [4.69, 9.17) is 4.74 Å². The Bertz CT molecular complexity index is 693. The van der Waals surface area contributed by atoms with Crippen LogP contribution in [-0.2, 0) is 11.2 Å². The Kier molecular flexibility index (Phi) is 5.23. The molecule has 6 heteroatoms. The van der Waals surface area contributed by atoms with Gasteiger partial charge in [0, 0.05) is 26.6 Å². The van der Waals surface area contributed by atoms with Gasteiger partial charge in [-0.15, -0.1) is 0 Å². The maximum Gasteiger partial charge on any atom is 0.243 e. The summed E-state index contributed by atoms with van der Waals surface area (Å²) in [4.78, 5) is 18.1. The molecule has 2 saturated carbocycles. The predicted molar refractivity (Wildman–Crippen MR) is 106 cm³/mol. The van der Waals surface area contributed by atoms with Gasteiger partial charge in [0.25, 0.3) is 0 Å². The van der Waals surface area contributed by atoms with Crippen molar-refractivity contribution in [3.8, 4) is 5.75 Å². The first-order valence-electron chi connectivity index (χ1n) is 10.1. The Hall–Kier alpha value is -2.24. The van der Waals surface area contributed by atoms with E-state index >= 15 is 0 Å². The molecule has 1 amide bonds. The van der Waals surface area contributed by atoms with Gasteiger partial charge in [-0.05, 0) is 42.7 Å². The summed E-state index contributed by atoms with van der Waals surface area (Å²) in [5.41, 5.74) is 1.26. The summed E-state index contributed by atoms with van der Waals surface area (Å²) in [6.07, 6.45) is 6.24. The molecule has 0 radical (unpaired) electrons. The van der Waals surface area contributed by atoms with E-state index in [2.05, 4.69) is 27.8 Å². The van der Waals surface area contributed by atoms with E-state index in [0.29, 0.717) is 12.6 Å². The first-order valence-corrected chi connectivity index (χ1v) is 10.1. The van der Waals surface area contributed by atoms with Crippen molar-refractivity contribution in [2.75, 3.05) is 27.2 Å². The molecule has 2 fully saturated rings. The average Bonchev–Trinajstić information content (AvgIpc) is 3.37. The first kappa shape index (κ1) is 18.1. The molecular formula is C21H30N4O2. The van der Waals surface area contributed by atoms with Crippen molar-refractivity contribution < 1.29 is 9.53 Å². The number of guanidine groups is 1. The van der Waals surface area contributed by atoms with Gasteiger partial charge in [-0.25, -0.2) is 4.99 Å². The number of aliphatic imine (C=N–C) groups is 1. The maximum absolute atomic E-state index is 12.0. The second kappa shape index (κ2) is 7.79. The Morgan fingerprint density at radius 2 is 2.11 bits per heavy atom. The van der Waals surface area contributed by atoms with Crippen LogP contribution < -0.4 is 15.4 Å². The predicted octanol–water partition coefficient (Wildman–Crippen LogP) is 1.80. The van der Waals surface area contributed by atoms with Crippen LogP contribution in [0.15, 0.2) is 29.3 Å². The molecule has 0 aromatic heterocycles. The SMILES string of the molecule is CN(C)C(=O)CN=C(NCC1Cc2ccccc2O1)NC1CC2CCC1C2. The largest absolute Gasteiger partial charge is 0.488 e. The van der Waals surface area contributed by atoms with Crippen molar-refractivity contribution in [3.63, 3.8) is 0 Å². The molecule has 3 aliphatic rings. The van der Waals surface area contributed by atoms with E-state index in [9.17, 15) is 4.79 Å². The van der Waals surface area contributed by atoms with E-state index in [0.717, 1.165) is 30.0 Å². The van der Waals surface area contributed by atoms with Crippen LogP contribution in [0.25, 0.3) is 0 Å². The van der Waals surface area contributed by atoms with Crippen LogP contribution in [0, 0.1) is 11.8 Å².